The van der Waals surface area contributed by atoms with Crippen LogP contribution in [0.15, 0.2) is 46.9 Å². The molecule has 0 fully saturated rings. The lowest BCUT2D eigenvalue weighted by atomic mass is 10.1. The topological polar surface area (TPSA) is 40.7 Å². The van der Waals surface area contributed by atoms with Crippen LogP contribution in [0.3, 0.4) is 0 Å². The minimum atomic E-state index is -0.270. The molecular weight excluding hydrogens is 321 g/mol. The van der Waals surface area contributed by atoms with Gasteiger partial charge in [-0.25, -0.2) is 9.37 Å². The van der Waals surface area contributed by atoms with Gasteiger partial charge in [0.15, 0.2) is 0 Å². The lowest BCUT2D eigenvalue weighted by Crippen LogP contribution is -2.07. The van der Waals surface area contributed by atoms with Crippen LogP contribution in [0, 0.1) is 5.82 Å². The summed E-state index contributed by atoms with van der Waals surface area (Å²) in [4.78, 5) is 7.47. The monoisotopic (exact) mass is 333 g/mol. The molecule has 3 nitrogen and oxygen atoms in total. The molecule has 0 bridgehead atoms. The summed E-state index contributed by atoms with van der Waals surface area (Å²) in [5, 5.41) is 3.28. The smallest absolute Gasteiger partial charge is 0.201 e. The quantitative estimate of drug-likeness (QED) is 0.733. The fourth-order valence-electron chi connectivity index (χ4n) is 2.09. The molecule has 2 N–H and O–H groups in total. The van der Waals surface area contributed by atoms with Crippen LogP contribution >= 0.6 is 15.9 Å². The number of aromatic amines is 1. The number of imidazole rings is 1. The van der Waals surface area contributed by atoms with E-state index in [-0.39, 0.29) is 11.9 Å². The first kappa shape index (κ1) is 13.1. The molecule has 1 atom stereocenters. The molecule has 3 rings (SSSR count). The third kappa shape index (κ3) is 2.67. The van der Waals surface area contributed by atoms with Gasteiger partial charge in [0.05, 0.1) is 17.1 Å². The third-order valence-electron chi connectivity index (χ3n) is 3.17. The molecule has 0 saturated heterocycles. The van der Waals surface area contributed by atoms with Crippen molar-refractivity contribution in [2.24, 2.45) is 0 Å². The fraction of sp³-hybridized carbons (Fsp3) is 0.133. The number of halogens is 2. The van der Waals surface area contributed by atoms with E-state index in [1.807, 2.05) is 24.3 Å². The fourth-order valence-corrected chi connectivity index (χ4v) is 2.35. The number of nitrogens with zero attached hydrogens (tertiary/aromatic N) is 1. The summed E-state index contributed by atoms with van der Waals surface area (Å²) < 4.78 is 14.2. The number of anilines is 1. The number of rotatable bonds is 3. The SMILES string of the molecule is CC(Nc1nc2ccc(F)cc2[nH]1)c1ccc(Br)cc1. The number of fused-ring (bicyclic) bond motifs is 1. The van der Waals surface area contributed by atoms with Crippen molar-refractivity contribution < 1.29 is 4.39 Å². The van der Waals surface area contributed by atoms with E-state index in [4.69, 9.17) is 0 Å². The summed E-state index contributed by atoms with van der Waals surface area (Å²) in [6, 6.07) is 12.7. The van der Waals surface area contributed by atoms with E-state index in [1.165, 1.54) is 12.1 Å². The third-order valence-corrected chi connectivity index (χ3v) is 3.70. The highest BCUT2D eigenvalue weighted by atomic mass is 79.9. The Morgan fingerprint density at radius 3 is 2.70 bits per heavy atom. The Hall–Kier alpha value is -1.88. The maximum absolute atomic E-state index is 13.1. The molecule has 0 amide bonds. The van der Waals surface area contributed by atoms with E-state index < -0.39 is 0 Å². The summed E-state index contributed by atoms with van der Waals surface area (Å²) in [5.74, 6) is 0.370. The zero-order chi connectivity index (χ0) is 14.1. The van der Waals surface area contributed by atoms with Gasteiger partial charge in [-0.1, -0.05) is 28.1 Å². The number of aromatic nitrogens is 2. The summed E-state index contributed by atoms with van der Waals surface area (Å²) in [5.41, 5.74) is 2.59. The van der Waals surface area contributed by atoms with Gasteiger partial charge < -0.3 is 10.3 Å². The van der Waals surface area contributed by atoms with E-state index in [0.29, 0.717) is 11.5 Å². The molecule has 5 heteroatoms. The molecule has 3 aromatic rings. The normalized spacial score (nSPS) is 12.6. The number of hydrogen-bond donors (Lipinski definition) is 2. The van der Waals surface area contributed by atoms with Crippen LogP contribution in [0.1, 0.15) is 18.5 Å². The largest absolute Gasteiger partial charge is 0.349 e. The Morgan fingerprint density at radius 1 is 1.20 bits per heavy atom. The molecule has 1 aromatic heterocycles. The van der Waals surface area contributed by atoms with Crippen molar-refractivity contribution in [2.75, 3.05) is 5.32 Å². The highest BCUT2D eigenvalue weighted by molar-refractivity contribution is 9.10. The minimum absolute atomic E-state index is 0.105. The van der Waals surface area contributed by atoms with Crippen molar-refractivity contribution in [3.63, 3.8) is 0 Å². The predicted molar refractivity (Wildman–Crippen MR) is 82.2 cm³/mol. The second-order valence-corrected chi connectivity index (χ2v) is 5.58. The van der Waals surface area contributed by atoms with Gasteiger partial charge in [0.1, 0.15) is 5.82 Å². The van der Waals surface area contributed by atoms with Crippen LogP contribution in [0.4, 0.5) is 10.3 Å². The summed E-state index contributed by atoms with van der Waals surface area (Å²) >= 11 is 3.42. The van der Waals surface area contributed by atoms with Gasteiger partial charge in [-0.2, -0.15) is 0 Å². The first-order chi connectivity index (χ1) is 9.61. The Labute approximate surface area is 124 Å². The summed E-state index contributed by atoms with van der Waals surface area (Å²) in [6.45, 7) is 2.05. The number of nitrogens with one attached hydrogen (secondary N) is 2. The molecule has 0 aliphatic carbocycles. The van der Waals surface area contributed by atoms with Crippen LogP contribution in [0.25, 0.3) is 11.0 Å². The standard InChI is InChI=1S/C15H13BrFN3/c1-9(10-2-4-11(16)5-3-10)18-15-19-13-7-6-12(17)8-14(13)20-15/h2-9H,1H3,(H2,18,19,20). The van der Waals surface area contributed by atoms with Gasteiger partial charge in [-0.15, -0.1) is 0 Å². The number of benzene rings is 2. The van der Waals surface area contributed by atoms with Crippen LogP contribution in [0.2, 0.25) is 0 Å². The molecular formula is C15H13BrFN3. The zero-order valence-electron chi connectivity index (χ0n) is 10.8. The van der Waals surface area contributed by atoms with Crippen molar-refractivity contribution in [1.29, 1.82) is 0 Å². The molecule has 0 aliphatic rings. The Morgan fingerprint density at radius 2 is 1.95 bits per heavy atom. The Bertz CT molecular complexity index is 736. The Kier molecular flexibility index (Phi) is 3.44. The molecule has 0 aliphatic heterocycles. The first-order valence-corrected chi connectivity index (χ1v) is 7.08. The molecule has 2 aromatic carbocycles. The van der Waals surface area contributed by atoms with Crippen molar-refractivity contribution >= 4 is 32.9 Å². The van der Waals surface area contributed by atoms with Gasteiger partial charge in [-0.3, -0.25) is 0 Å². The van der Waals surface area contributed by atoms with Crippen molar-refractivity contribution in [3.05, 3.63) is 58.3 Å². The number of hydrogen-bond acceptors (Lipinski definition) is 2. The van der Waals surface area contributed by atoms with Gasteiger partial charge in [0.25, 0.3) is 0 Å². The summed E-state index contributed by atoms with van der Waals surface area (Å²) in [7, 11) is 0. The van der Waals surface area contributed by atoms with Gasteiger partial charge in [0.2, 0.25) is 5.95 Å². The molecule has 102 valence electrons. The number of H-pyrrole nitrogens is 1. The van der Waals surface area contributed by atoms with Crippen molar-refractivity contribution in [2.45, 2.75) is 13.0 Å². The lowest BCUT2D eigenvalue weighted by molar-refractivity contribution is 0.629. The van der Waals surface area contributed by atoms with Crippen molar-refractivity contribution in [1.82, 2.24) is 9.97 Å². The second kappa shape index (κ2) is 5.25. The van der Waals surface area contributed by atoms with E-state index >= 15 is 0 Å². The van der Waals surface area contributed by atoms with E-state index in [0.717, 1.165) is 15.6 Å². The molecule has 1 heterocycles. The predicted octanol–water partition coefficient (Wildman–Crippen LogP) is 4.64. The van der Waals surface area contributed by atoms with E-state index in [9.17, 15) is 4.39 Å². The average Bonchev–Trinajstić information content (AvgIpc) is 2.80. The Balaban J connectivity index is 1.83. The summed E-state index contributed by atoms with van der Waals surface area (Å²) in [6.07, 6.45) is 0. The van der Waals surface area contributed by atoms with Crippen molar-refractivity contribution in [3.8, 4) is 0 Å². The maximum atomic E-state index is 13.1. The molecule has 0 saturated carbocycles. The van der Waals surface area contributed by atoms with Crippen LogP contribution < -0.4 is 5.32 Å². The zero-order valence-corrected chi connectivity index (χ0v) is 12.4. The van der Waals surface area contributed by atoms with Gasteiger partial charge in [-0.05, 0) is 42.8 Å². The molecule has 1 unspecified atom stereocenters. The van der Waals surface area contributed by atoms with Crippen LogP contribution in [-0.2, 0) is 0 Å². The first-order valence-electron chi connectivity index (χ1n) is 6.29. The second-order valence-electron chi connectivity index (χ2n) is 4.66. The van der Waals surface area contributed by atoms with Gasteiger partial charge >= 0.3 is 0 Å². The van der Waals surface area contributed by atoms with Gasteiger partial charge in [0, 0.05) is 4.47 Å². The average molecular weight is 334 g/mol. The minimum Gasteiger partial charge on any atom is -0.349 e. The maximum Gasteiger partial charge on any atom is 0.201 e. The highest BCUT2D eigenvalue weighted by Gasteiger charge is 2.09. The lowest BCUT2D eigenvalue weighted by Gasteiger charge is -2.13. The molecule has 20 heavy (non-hydrogen) atoms. The van der Waals surface area contributed by atoms with E-state index in [2.05, 4.69) is 38.1 Å². The highest BCUT2D eigenvalue weighted by Crippen LogP contribution is 2.22. The van der Waals surface area contributed by atoms with E-state index in [1.54, 1.807) is 6.07 Å². The molecule has 0 spiro atoms. The molecule has 0 radical (unpaired) electrons. The van der Waals surface area contributed by atoms with Crippen LogP contribution in [0.5, 0.6) is 0 Å². The van der Waals surface area contributed by atoms with Crippen LogP contribution in [-0.4, -0.2) is 9.97 Å².